The monoisotopic (exact) mass is 378 g/mol. The van der Waals surface area contributed by atoms with Gasteiger partial charge in [-0.3, -0.25) is 9.69 Å². The maximum Gasteiger partial charge on any atom is 0.419 e. The van der Waals surface area contributed by atoms with Crippen molar-refractivity contribution in [3.63, 3.8) is 0 Å². The number of amides is 1. The van der Waals surface area contributed by atoms with Gasteiger partial charge in [0.05, 0.1) is 12.7 Å². The number of carbonyl (C=O) groups excluding carboxylic acids is 1. The second kappa shape index (κ2) is 7.60. The predicted octanol–water partition coefficient (Wildman–Crippen LogP) is 4.34. The molecule has 1 aliphatic rings. The predicted molar refractivity (Wildman–Crippen MR) is 97.0 cm³/mol. The third-order valence-corrected chi connectivity index (χ3v) is 4.81. The zero-order valence-corrected chi connectivity index (χ0v) is 15.2. The van der Waals surface area contributed by atoms with Gasteiger partial charge in [0.25, 0.3) is 5.91 Å². The largest absolute Gasteiger partial charge is 0.496 e. The summed E-state index contributed by atoms with van der Waals surface area (Å²) in [6.45, 7) is 4.73. The van der Waals surface area contributed by atoms with Crippen molar-refractivity contribution in [2.75, 3.05) is 25.5 Å². The van der Waals surface area contributed by atoms with Crippen LogP contribution in [0.2, 0.25) is 0 Å². The highest BCUT2D eigenvalue weighted by molar-refractivity contribution is 6.05. The van der Waals surface area contributed by atoms with Crippen LogP contribution in [0.5, 0.6) is 5.75 Å². The third-order valence-electron chi connectivity index (χ3n) is 4.81. The van der Waals surface area contributed by atoms with E-state index in [1.54, 1.807) is 6.07 Å². The molecule has 2 aromatic carbocycles. The number of halogens is 3. The summed E-state index contributed by atoms with van der Waals surface area (Å²) in [4.78, 5) is 14.9. The number of alkyl halides is 3. The van der Waals surface area contributed by atoms with Gasteiger partial charge in [0.15, 0.2) is 0 Å². The van der Waals surface area contributed by atoms with Gasteiger partial charge in [-0.25, -0.2) is 0 Å². The number of nitrogens with one attached hydrogen (secondary N) is 1. The fraction of sp³-hybridized carbons (Fsp3) is 0.350. The standard InChI is InChI=1S/C20H21F3N2O2/c1-3-25-10-9-15-14(12-25)5-4-6-17(15)24-19(26)13-7-8-18(27-2)16(11-13)20(21,22)23/h4-8,11H,3,9-10,12H2,1-2H3,(H,24,26). The number of methoxy groups -OCH3 is 1. The van der Waals surface area contributed by atoms with E-state index in [1.807, 2.05) is 12.1 Å². The van der Waals surface area contributed by atoms with Gasteiger partial charge in [-0.15, -0.1) is 0 Å². The summed E-state index contributed by atoms with van der Waals surface area (Å²) in [5, 5.41) is 2.77. The molecule has 1 N–H and O–H groups in total. The quantitative estimate of drug-likeness (QED) is 0.860. The number of likely N-dealkylation sites (N-methyl/N-ethyl adjacent to an activating group) is 1. The molecule has 0 unspecified atom stereocenters. The Balaban J connectivity index is 1.87. The van der Waals surface area contributed by atoms with E-state index in [-0.39, 0.29) is 11.3 Å². The normalized spacial score (nSPS) is 14.6. The first-order chi connectivity index (χ1) is 12.8. The fourth-order valence-corrected chi connectivity index (χ4v) is 3.32. The van der Waals surface area contributed by atoms with Crippen molar-refractivity contribution in [1.82, 2.24) is 4.90 Å². The summed E-state index contributed by atoms with van der Waals surface area (Å²) in [6, 6.07) is 8.97. The molecular formula is C20H21F3N2O2. The van der Waals surface area contributed by atoms with Crippen molar-refractivity contribution in [2.24, 2.45) is 0 Å². The zero-order valence-electron chi connectivity index (χ0n) is 15.2. The van der Waals surface area contributed by atoms with Crippen LogP contribution in [-0.4, -0.2) is 31.0 Å². The van der Waals surface area contributed by atoms with Gasteiger partial charge < -0.3 is 10.1 Å². The highest BCUT2D eigenvalue weighted by Gasteiger charge is 2.35. The summed E-state index contributed by atoms with van der Waals surface area (Å²) in [5.74, 6) is -0.884. The van der Waals surface area contributed by atoms with Crippen LogP contribution in [0.15, 0.2) is 36.4 Å². The number of hydrogen-bond acceptors (Lipinski definition) is 3. The number of benzene rings is 2. The molecule has 0 aromatic heterocycles. The first-order valence-corrected chi connectivity index (χ1v) is 8.73. The van der Waals surface area contributed by atoms with E-state index in [2.05, 4.69) is 17.1 Å². The van der Waals surface area contributed by atoms with Crippen molar-refractivity contribution in [2.45, 2.75) is 26.1 Å². The van der Waals surface area contributed by atoms with Crippen molar-refractivity contribution in [1.29, 1.82) is 0 Å². The van der Waals surface area contributed by atoms with Crippen LogP contribution in [0.1, 0.15) is 34.0 Å². The lowest BCUT2D eigenvalue weighted by molar-refractivity contribution is -0.138. The molecule has 0 spiro atoms. The van der Waals surface area contributed by atoms with E-state index in [0.717, 1.165) is 49.3 Å². The molecule has 7 heteroatoms. The Kier molecular flexibility index (Phi) is 5.41. The van der Waals surface area contributed by atoms with Gasteiger partial charge >= 0.3 is 6.18 Å². The molecule has 0 radical (unpaired) electrons. The molecule has 1 aliphatic heterocycles. The minimum atomic E-state index is -4.60. The van der Waals surface area contributed by atoms with Gasteiger partial charge in [-0.2, -0.15) is 13.2 Å². The topological polar surface area (TPSA) is 41.6 Å². The smallest absolute Gasteiger partial charge is 0.419 e. The molecule has 3 rings (SSSR count). The molecule has 1 amide bonds. The van der Waals surface area contributed by atoms with E-state index >= 15 is 0 Å². The van der Waals surface area contributed by atoms with Crippen LogP contribution in [0.4, 0.5) is 18.9 Å². The Morgan fingerprint density at radius 2 is 2.04 bits per heavy atom. The molecule has 2 aromatic rings. The molecular weight excluding hydrogens is 357 g/mol. The summed E-state index contributed by atoms with van der Waals surface area (Å²) >= 11 is 0. The molecule has 27 heavy (non-hydrogen) atoms. The number of carbonyl (C=O) groups is 1. The third kappa shape index (κ3) is 4.08. The Hall–Kier alpha value is -2.54. The van der Waals surface area contributed by atoms with Gasteiger partial charge in [0.1, 0.15) is 5.75 Å². The van der Waals surface area contributed by atoms with Crippen LogP contribution in [0, 0.1) is 0 Å². The van der Waals surface area contributed by atoms with Crippen LogP contribution < -0.4 is 10.1 Å². The summed E-state index contributed by atoms with van der Waals surface area (Å²) in [5.41, 5.74) is 1.79. The van der Waals surface area contributed by atoms with E-state index < -0.39 is 17.6 Å². The van der Waals surface area contributed by atoms with E-state index in [4.69, 9.17) is 4.74 Å². The molecule has 0 bridgehead atoms. The molecule has 0 saturated heterocycles. The SMILES string of the molecule is CCN1CCc2c(cccc2NC(=O)c2ccc(OC)c(C(F)(F)F)c2)C1. The zero-order chi connectivity index (χ0) is 19.6. The second-order valence-corrected chi connectivity index (χ2v) is 6.43. The Morgan fingerprint density at radius 3 is 2.70 bits per heavy atom. The lowest BCUT2D eigenvalue weighted by Crippen LogP contribution is -2.31. The molecule has 0 atom stereocenters. The fourth-order valence-electron chi connectivity index (χ4n) is 3.32. The Labute approximate surface area is 155 Å². The lowest BCUT2D eigenvalue weighted by atomic mass is 9.97. The summed E-state index contributed by atoms with van der Waals surface area (Å²) < 4.78 is 44.3. The number of fused-ring (bicyclic) bond motifs is 1. The molecule has 4 nitrogen and oxygen atoms in total. The van der Waals surface area contributed by atoms with Crippen molar-refractivity contribution >= 4 is 11.6 Å². The highest BCUT2D eigenvalue weighted by Crippen LogP contribution is 2.37. The maximum atomic E-state index is 13.2. The van der Waals surface area contributed by atoms with Gasteiger partial charge in [-0.1, -0.05) is 19.1 Å². The molecule has 0 aliphatic carbocycles. The number of rotatable bonds is 4. The van der Waals surface area contributed by atoms with E-state index in [0.29, 0.717) is 5.69 Å². The van der Waals surface area contributed by atoms with Crippen LogP contribution >= 0.6 is 0 Å². The summed E-state index contributed by atoms with van der Waals surface area (Å²) in [7, 11) is 1.17. The van der Waals surface area contributed by atoms with Crippen LogP contribution in [0.25, 0.3) is 0 Å². The van der Waals surface area contributed by atoms with Gasteiger partial charge in [0, 0.05) is 24.3 Å². The minimum absolute atomic E-state index is 0.0632. The molecule has 1 heterocycles. The average Bonchev–Trinajstić information content (AvgIpc) is 2.66. The van der Waals surface area contributed by atoms with E-state index in [9.17, 15) is 18.0 Å². The molecule has 0 fully saturated rings. The number of hydrogen-bond donors (Lipinski definition) is 1. The Bertz CT molecular complexity index is 850. The van der Waals surface area contributed by atoms with E-state index in [1.165, 1.54) is 13.2 Å². The minimum Gasteiger partial charge on any atom is -0.496 e. The van der Waals surface area contributed by atoms with Crippen molar-refractivity contribution < 1.29 is 22.7 Å². The number of nitrogens with zero attached hydrogens (tertiary/aromatic N) is 1. The van der Waals surface area contributed by atoms with Crippen molar-refractivity contribution in [3.8, 4) is 5.75 Å². The number of ether oxygens (including phenoxy) is 1. The first kappa shape index (κ1) is 19.2. The second-order valence-electron chi connectivity index (χ2n) is 6.43. The summed E-state index contributed by atoms with van der Waals surface area (Å²) in [6.07, 6.45) is -3.81. The van der Waals surface area contributed by atoms with Gasteiger partial charge in [-0.05, 0) is 48.4 Å². The van der Waals surface area contributed by atoms with Gasteiger partial charge in [0.2, 0.25) is 0 Å². The average molecular weight is 378 g/mol. The first-order valence-electron chi connectivity index (χ1n) is 8.73. The molecule has 144 valence electrons. The molecule has 0 saturated carbocycles. The van der Waals surface area contributed by atoms with Crippen LogP contribution in [0.3, 0.4) is 0 Å². The Morgan fingerprint density at radius 1 is 1.26 bits per heavy atom. The van der Waals surface area contributed by atoms with Crippen molar-refractivity contribution in [3.05, 3.63) is 58.7 Å². The van der Waals surface area contributed by atoms with Crippen LogP contribution in [-0.2, 0) is 19.1 Å². The maximum absolute atomic E-state index is 13.2. The highest BCUT2D eigenvalue weighted by atomic mass is 19.4. The lowest BCUT2D eigenvalue weighted by Gasteiger charge is -2.29. The number of anilines is 1.